The van der Waals surface area contributed by atoms with Crippen molar-refractivity contribution in [3.8, 4) is 0 Å². The molecule has 0 fully saturated rings. The van der Waals surface area contributed by atoms with Gasteiger partial charge in [-0.1, -0.05) is 45.0 Å². The van der Waals surface area contributed by atoms with Crippen LogP contribution in [0.2, 0.25) is 0 Å². The Morgan fingerprint density at radius 2 is 1.74 bits per heavy atom. The van der Waals surface area contributed by atoms with E-state index < -0.39 is 6.10 Å². The second kappa shape index (κ2) is 6.31. The number of carbonyl (C=O) groups is 1. The number of rotatable bonds is 5. The fourth-order valence-corrected chi connectivity index (χ4v) is 1.82. The smallest absolute Gasteiger partial charge is 0.179 e. The monoisotopic (exact) mass is 263 g/mol. The minimum atomic E-state index is -0.446. The molecule has 0 heterocycles. The number of Topliss-reactive ketones (excluding diaryl/α,β-unsaturated/α-hetero) is 1. The molecular formula is C16H25NO2. The van der Waals surface area contributed by atoms with Gasteiger partial charge in [0.05, 0.1) is 12.1 Å². The average molecular weight is 263 g/mol. The standard InChI is InChI=1S/C16H25NO2/c1-11(18)10-17-12(2)15(19)13-6-8-14(9-7-13)16(3,4)5/h6-9,11-12,17-18H,10H2,1-5H3. The molecule has 3 heteroatoms. The highest BCUT2D eigenvalue weighted by atomic mass is 16.3. The van der Waals surface area contributed by atoms with Gasteiger partial charge in [0, 0.05) is 12.1 Å². The van der Waals surface area contributed by atoms with Gasteiger partial charge in [-0.15, -0.1) is 0 Å². The van der Waals surface area contributed by atoms with Crippen molar-refractivity contribution in [1.29, 1.82) is 0 Å². The first-order valence-electron chi connectivity index (χ1n) is 6.78. The summed E-state index contributed by atoms with van der Waals surface area (Å²) in [6.07, 6.45) is -0.446. The van der Waals surface area contributed by atoms with Gasteiger partial charge in [-0.2, -0.15) is 0 Å². The highest BCUT2D eigenvalue weighted by molar-refractivity contribution is 5.99. The number of hydrogen-bond donors (Lipinski definition) is 2. The third-order valence-electron chi connectivity index (χ3n) is 3.15. The van der Waals surface area contributed by atoms with Crippen LogP contribution in [0.5, 0.6) is 0 Å². The normalized spacial score (nSPS) is 15.1. The van der Waals surface area contributed by atoms with Crippen molar-refractivity contribution in [3.63, 3.8) is 0 Å². The van der Waals surface area contributed by atoms with Crippen LogP contribution in [-0.4, -0.2) is 29.6 Å². The Labute approximate surface area is 116 Å². The first-order chi connectivity index (χ1) is 8.71. The Hall–Kier alpha value is -1.19. The van der Waals surface area contributed by atoms with E-state index in [-0.39, 0.29) is 17.2 Å². The maximum atomic E-state index is 12.2. The van der Waals surface area contributed by atoms with Crippen molar-refractivity contribution >= 4 is 5.78 Å². The molecule has 0 aromatic heterocycles. The van der Waals surface area contributed by atoms with Gasteiger partial charge in [0.15, 0.2) is 5.78 Å². The summed E-state index contributed by atoms with van der Waals surface area (Å²) in [5, 5.41) is 12.2. The Bertz CT molecular complexity index is 415. The van der Waals surface area contributed by atoms with Gasteiger partial charge >= 0.3 is 0 Å². The first-order valence-corrected chi connectivity index (χ1v) is 6.78. The van der Waals surface area contributed by atoms with Crippen molar-refractivity contribution < 1.29 is 9.90 Å². The van der Waals surface area contributed by atoms with E-state index >= 15 is 0 Å². The summed E-state index contributed by atoms with van der Waals surface area (Å²) in [5.74, 6) is 0.0566. The summed E-state index contributed by atoms with van der Waals surface area (Å²) in [7, 11) is 0. The maximum Gasteiger partial charge on any atom is 0.179 e. The molecule has 0 saturated carbocycles. The average Bonchev–Trinajstić information content (AvgIpc) is 2.34. The van der Waals surface area contributed by atoms with Crippen LogP contribution in [0.4, 0.5) is 0 Å². The summed E-state index contributed by atoms with van der Waals surface area (Å²) >= 11 is 0. The molecule has 0 spiro atoms. The Morgan fingerprint density at radius 3 is 2.16 bits per heavy atom. The van der Waals surface area contributed by atoms with E-state index in [1.807, 2.05) is 31.2 Å². The predicted molar refractivity (Wildman–Crippen MR) is 78.6 cm³/mol. The molecule has 0 aliphatic heterocycles. The lowest BCUT2D eigenvalue weighted by Crippen LogP contribution is -2.38. The number of ketones is 1. The van der Waals surface area contributed by atoms with E-state index in [1.165, 1.54) is 5.56 Å². The number of hydrogen-bond acceptors (Lipinski definition) is 3. The van der Waals surface area contributed by atoms with Crippen LogP contribution >= 0.6 is 0 Å². The number of aliphatic hydroxyl groups is 1. The summed E-state index contributed by atoms with van der Waals surface area (Å²) in [6.45, 7) is 10.4. The molecule has 0 bridgehead atoms. The van der Waals surface area contributed by atoms with Crippen LogP contribution in [-0.2, 0) is 5.41 Å². The first kappa shape index (κ1) is 15.9. The molecule has 19 heavy (non-hydrogen) atoms. The number of aliphatic hydroxyl groups excluding tert-OH is 1. The quantitative estimate of drug-likeness (QED) is 0.803. The molecule has 0 aliphatic rings. The molecule has 2 N–H and O–H groups in total. The van der Waals surface area contributed by atoms with Crippen LogP contribution in [0.1, 0.15) is 50.5 Å². The van der Waals surface area contributed by atoms with Crippen LogP contribution < -0.4 is 5.32 Å². The topological polar surface area (TPSA) is 49.3 Å². The zero-order valence-corrected chi connectivity index (χ0v) is 12.5. The van der Waals surface area contributed by atoms with Crippen LogP contribution in [0.25, 0.3) is 0 Å². The molecule has 3 nitrogen and oxygen atoms in total. The summed E-state index contributed by atoms with van der Waals surface area (Å²) in [5.41, 5.74) is 2.02. The summed E-state index contributed by atoms with van der Waals surface area (Å²) in [4.78, 5) is 12.2. The van der Waals surface area contributed by atoms with Gasteiger partial charge in [0.2, 0.25) is 0 Å². The molecule has 1 rings (SSSR count). The fraction of sp³-hybridized carbons (Fsp3) is 0.562. The number of benzene rings is 1. The van der Waals surface area contributed by atoms with Gasteiger partial charge in [-0.05, 0) is 24.8 Å². The third-order valence-corrected chi connectivity index (χ3v) is 3.15. The molecule has 106 valence electrons. The zero-order chi connectivity index (χ0) is 14.6. The Morgan fingerprint density at radius 1 is 1.21 bits per heavy atom. The van der Waals surface area contributed by atoms with Crippen molar-refractivity contribution in [2.24, 2.45) is 0 Å². The van der Waals surface area contributed by atoms with Crippen molar-refractivity contribution in [1.82, 2.24) is 5.32 Å². The molecule has 1 aromatic carbocycles. The minimum absolute atomic E-state index is 0.0566. The van der Waals surface area contributed by atoms with Gasteiger partial charge in [0.25, 0.3) is 0 Å². The zero-order valence-electron chi connectivity index (χ0n) is 12.5. The fourth-order valence-electron chi connectivity index (χ4n) is 1.82. The van der Waals surface area contributed by atoms with E-state index in [1.54, 1.807) is 6.92 Å². The van der Waals surface area contributed by atoms with E-state index in [2.05, 4.69) is 26.1 Å². The van der Waals surface area contributed by atoms with Gasteiger partial charge in [0.1, 0.15) is 0 Å². The minimum Gasteiger partial charge on any atom is -0.392 e. The molecule has 0 aliphatic carbocycles. The molecule has 1 aromatic rings. The highest BCUT2D eigenvalue weighted by Crippen LogP contribution is 2.22. The lowest BCUT2D eigenvalue weighted by molar-refractivity contribution is 0.0941. The van der Waals surface area contributed by atoms with Gasteiger partial charge < -0.3 is 10.4 Å². The van der Waals surface area contributed by atoms with E-state index in [0.717, 1.165) is 0 Å². The second-order valence-corrected chi connectivity index (χ2v) is 6.17. The number of carbonyl (C=O) groups excluding carboxylic acids is 1. The maximum absolute atomic E-state index is 12.2. The molecule has 2 unspecified atom stereocenters. The summed E-state index contributed by atoms with van der Waals surface area (Å²) in [6, 6.07) is 7.49. The molecule has 0 amide bonds. The third kappa shape index (κ3) is 4.77. The number of nitrogens with one attached hydrogen (secondary N) is 1. The molecular weight excluding hydrogens is 238 g/mol. The molecule has 0 radical (unpaired) electrons. The molecule has 2 atom stereocenters. The van der Waals surface area contributed by atoms with E-state index in [4.69, 9.17) is 0 Å². The Kier molecular flexibility index (Phi) is 5.27. The SMILES string of the molecule is CC(O)CNC(C)C(=O)c1ccc(C(C)(C)C)cc1. The van der Waals surface area contributed by atoms with Crippen molar-refractivity contribution in [2.75, 3.05) is 6.54 Å². The Balaban J connectivity index is 2.72. The predicted octanol–water partition coefficient (Wildman–Crippen LogP) is 2.53. The molecule has 0 saturated heterocycles. The lowest BCUT2D eigenvalue weighted by Gasteiger charge is -2.19. The van der Waals surface area contributed by atoms with Gasteiger partial charge in [-0.3, -0.25) is 4.79 Å². The largest absolute Gasteiger partial charge is 0.392 e. The van der Waals surface area contributed by atoms with Crippen LogP contribution in [0, 0.1) is 0 Å². The van der Waals surface area contributed by atoms with E-state index in [9.17, 15) is 9.90 Å². The van der Waals surface area contributed by atoms with Crippen molar-refractivity contribution in [3.05, 3.63) is 35.4 Å². The lowest BCUT2D eigenvalue weighted by atomic mass is 9.86. The van der Waals surface area contributed by atoms with E-state index in [0.29, 0.717) is 12.1 Å². The van der Waals surface area contributed by atoms with Crippen molar-refractivity contribution in [2.45, 2.75) is 52.2 Å². The van der Waals surface area contributed by atoms with Crippen LogP contribution in [0.15, 0.2) is 24.3 Å². The van der Waals surface area contributed by atoms with Crippen LogP contribution in [0.3, 0.4) is 0 Å². The summed E-state index contributed by atoms with van der Waals surface area (Å²) < 4.78 is 0. The van der Waals surface area contributed by atoms with Gasteiger partial charge in [-0.25, -0.2) is 0 Å². The highest BCUT2D eigenvalue weighted by Gasteiger charge is 2.17. The second-order valence-electron chi connectivity index (χ2n) is 6.17.